The maximum atomic E-state index is 11.7. The molecule has 0 spiro atoms. The lowest BCUT2D eigenvalue weighted by molar-refractivity contribution is 0.240. The molecule has 5 nitrogen and oxygen atoms in total. The van der Waals surface area contributed by atoms with E-state index in [1.165, 1.54) is 5.56 Å². The third kappa shape index (κ3) is 3.78. The summed E-state index contributed by atoms with van der Waals surface area (Å²) in [6, 6.07) is 13.9. The number of nitrogens with zero attached hydrogens (tertiary/aromatic N) is 2. The fourth-order valence-corrected chi connectivity index (χ4v) is 2.47. The van der Waals surface area contributed by atoms with Crippen LogP contribution >= 0.6 is 0 Å². The van der Waals surface area contributed by atoms with Gasteiger partial charge in [-0.25, -0.2) is 4.79 Å². The summed E-state index contributed by atoms with van der Waals surface area (Å²) in [7, 11) is 0. The van der Waals surface area contributed by atoms with Crippen LogP contribution in [0.3, 0.4) is 0 Å². The molecule has 1 heterocycles. The number of benzene rings is 1. The minimum atomic E-state index is -0.153. The van der Waals surface area contributed by atoms with E-state index in [2.05, 4.69) is 45.1 Å². The highest BCUT2D eigenvalue weighted by atomic mass is 16.2. The van der Waals surface area contributed by atoms with E-state index in [-0.39, 0.29) is 6.03 Å². The van der Waals surface area contributed by atoms with E-state index in [0.717, 1.165) is 12.1 Å². The van der Waals surface area contributed by atoms with Gasteiger partial charge in [-0.05, 0) is 36.0 Å². The Morgan fingerprint density at radius 2 is 2.00 bits per heavy atom. The first-order valence-corrected chi connectivity index (χ1v) is 7.16. The molecule has 0 radical (unpaired) electrons. The van der Waals surface area contributed by atoms with Crippen LogP contribution in [-0.4, -0.2) is 22.8 Å². The first kappa shape index (κ1) is 13.5. The van der Waals surface area contributed by atoms with E-state index in [0.29, 0.717) is 24.9 Å². The van der Waals surface area contributed by atoms with Gasteiger partial charge in [0.15, 0.2) is 0 Å². The molecular formula is C16H18N4O. The number of aromatic nitrogens is 2. The summed E-state index contributed by atoms with van der Waals surface area (Å²) < 4.78 is 0. The van der Waals surface area contributed by atoms with Gasteiger partial charge in [-0.1, -0.05) is 30.3 Å². The number of hydrogen-bond donors (Lipinski definition) is 2. The van der Waals surface area contributed by atoms with Gasteiger partial charge in [0.2, 0.25) is 0 Å². The average molecular weight is 282 g/mol. The molecule has 3 rings (SSSR count). The molecule has 0 bridgehead atoms. The molecule has 2 N–H and O–H groups in total. The summed E-state index contributed by atoms with van der Waals surface area (Å²) in [6.07, 6.45) is 2.76. The Morgan fingerprint density at radius 1 is 1.14 bits per heavy atom. The molecule has 0 aliphatic heterocycles. The van der Waals surface area contributed by atoms with Gasteiger partial charge in [-0.2, -0.15) is 10.2 Å². The molecule has 5 heteroatoms. The van der Waals surface area contributed by atoms with Crippen LogP contribution in [0.4, 0.5) is 4.79 Å². The van der Waals surface area contributed by atoms with E-state index in [1.807, 2.05) is 12.1 Å². The molecule has 21 heavy (non-hydrogen) atoms. The SMILES string of the molecule is O=C(NCc1cccnn1)NC[C@@H]1C[C@H]1c1ccccc1. The van der Waals surface area contributed by atoms with Crippen LogP contribution in [0.1, 0.15) is 23.6 Å². The molecule has 108 valence electrons. The number of rotatable bonds is 5. The first-order valence-electron chi connectivity index (χ1n) is 7.16. The maximum Gasteiger partial charge on any atom is 0.315 e. The van der Waals surface area contributed by atoms with Crippen LogP contribution in [0.2, 0.25) is 0 Å². The van der Waals surface area contributed by atoms with Crippen molar-refractivity contribution in [2.24, 2.45) is 5.92 Å². The molecule has 0 unspecified atom stereocenters. The summed E-state index contributed by atoms with van der Waals surface area (Å²) in [5.41, 5.74) is 2.12. The number of nitrogens with one attached hydrogen (secondary N) is 2. The van der Waals surface area contributed by atoms with E-state index >= 15 is 0 Å². The van der Waals surface area contributed by atoms with Gasteiger partial charge < -0.3 is 10.6 Å². The Hall–Kier alpha value is -2.43. The lowest BCUT2D eigenvalue weighted by Gasteiger charge is -2.07. The van der Waals surface area contributed by atoms with Gasteiger partial charge in [0, 0.05) is 12.7 Å². The van der Waals surface area contributed by atoms with Gasteiger partial charge in [-0.15, -0.1) is 0 Å². The Kier molecular flexibility index (Phi) is 4.09. The minimum absolute atomic E-state index is 0.153. The molecule has 2 aromatic rings. The fraction of sp³-hybridized carbons (Fsp3) is 0.312. The van der Waals surface area contributed by atoms with Crippen molar-refractivity contribution in [2.75, 3.05) is 6.54 Å². The van der Waals surface area contributed by atoms with Crippen molar-refractivity contribution in [1.82, 2.24) is 20.8 Å². The van der Waals surface area contributed by atoms with Crippen molar-refractivity contribution in [3.8, 4) is 0 Å². The van der Waals surface area contributed by atoms with Gasteiger partial charge >= 0.3 is 6.03 Å². The topological polar surface area (TPSA) is 66.9 Å². The third-order valence-electron chi connectivity index (χ3n) is 3.73. The Balaban J connectivity index is 1.38. The van der Waals surface area contributed by atoms with Crippen molar-refractivity contribution >= 4 is 6.03 Å². The van der Waals surface area contributed by atoms with E-state index < -0.39 is 0 Å². The highest BCUT2D eigenvalue weighted by Crippen LogP contribution is 2.46. The van der Waals surface area contributed by atoms with Crippen LogP contribution in [0, 0.1) is 5.92 Å². The maximum absolute atomic E-state index is 11.7. The van der Waals surface area contributed by atoms with Crippen molar-refractivity contribution in [1.29, 1.82) is 0 Å². The second kappa shape index (κ2) is 6.35. The molecule has 1 aliphatic carbocycles. The van der Waals surface area contributed by atoms with Crippen molar-refractivity contribution in [2.45, 2.75) is 18.9 Å². The van der Waals surface area contributed by atoms with Crippen LogP contribution in [0.25, 0.3) is 0 Å². The van der Waals surface area contributed by atoms with Crippen molar-refractivity contribution in [3.63, 3.8) is 0 Å². The second-order valence-corrected chi connectivity index (χ2v) is 5.29. The highest BCUT2D eigenvalue weighted by Gasteiger charge is 2.37. The number of amides is 2. The van der Waals surface area contributed by atoms with E-state index in [4.69, 9.17) is 0 Å². The predicted octanol–water partition coefficient (Wildman–Crippen LogP) is 2.08. The summed E-state index contributed by atoms with van der Waals surface area (Å²) in [6.45, 7) is 1.11. The Labute approximate surface area is 123 Å². The van der Waals surface area contributed by atoms with Gasteiger partial charge in [0.25, 0.3) is 0 Å². The molecule has 2 amide bonds. The van der Waals surface area contributed by atoms with E-state index in [9.17, 15) is 4.79 Å². The lowest BCUT2D eigenvalue weighted by Crippen LogP contribution is -2.36. The predicted molar refractivity (Wildman–Crippen MR) is 79.6 cm³/mol. The zero-order valence-electron chi connectivity index (χ0n) is 11.7. The molecular weight excluding hydrogens is 264 g/mol. The molecule has 1 aromatic carbocycles. The largest absolute Gasteiger partial charge is 0.338 e. The first-order chi connectivity index (χ1) is 10.3. The number of urea groups is 1. The smallest absolute Gasteiger partial charge is 0.315 e. The van der Waals surface area contributed by atoms with Gasteiger partial charge in [0.1, 0.15) is 0 Å². The number of carbonyl (C=O) groups is 1. The average Bonchev–Trinajstić information content (AvgIpc) is 3.32. The quantitative estimate of drug-likeness (QED) is 0.882. The Bertz CT molecular complexity index is 588. The van der Waals surface area contributed by atoms with Crippen molar-refractivity contribution in [3.05, 3.63) is 59.9 Å². The zero-order valence-corrected chi connectivity index (χ0v) is 11.7. The molecule has 0 saturated heterocycles. The molecule has 1 fully saturated rings. The number of carbonyl (C=O) groups excluding carboxylic acids is 1. The standard InChI is InChI=1S/C16H18N4O/c21-16(18-11-14-7-4-8-19-20-14)17-10-13-9-15(13)12-5-2-1-3-6-12/h1-8,13,15H,9-11H2,(H2,17,18,21)/t13-,15-/m0/s1. The molecule has 2 atom stereocenters. The van der Waals surface area contributed by atoms with E-state index in [1.54, 1.807) is 12.3 Å². The molecule has 1 aromatic heterocycles. The van der Waals surface area contributed by atoms with Gasteiger partial charge in [0.05, 0.1) is 12.2 Å². The second-order valence-electron chi connectivity index (χ2n) is 5.29. The molecule has 1 aliphatic rings. The molecule has 1 saturated carbocycles. The summed E-state index contributed by atoms with van der Waals surface area (Å²) >= 11 is 0. The van der Waals surface area contributed by atoms with Crippen LogP contribution < -0.4 is 10.6 Å². The van der Waals surface area contributed by atoms with Crippen molar-refractivity contribution < 1.29 is 4.79 Å². The fourth-order valence-electron chi connectivity index (χ4n) is 2.47. The normalized spacial score (nSPS) is 19.8. The van der Waals surface area contributed by atoms with Crippen LogP contribution in [0.5, 0.6) is 0 Å². The minimum Gasteiger partial charge on any atom is -0.338 e. The summed E-state index contributed by atoms with van der Waals surface area (Å²) in [5, 5.41) is 13.4. The summed E-state index contributed by atoms with van der Waals surface area (Å²) in [5.74, 6) is 1.14. The Morgan fingerprint density at radius 3 is 2.76 bits per heavy atom. The monoisotopic (exact) mass is 282 g/mol. The third-order valence-corrected chi connectivity index (χ3v) is 3.73. The summed E-state index contributed by atoms with van der Waals surface area (Å²) in [4.78, 5) is 11.7. The van der Waals surface area contributed by atoms with Gasteiger partial charge in [-0.3, -0.25) is 0 Å². The zero-order chi connectivity index (χ0) is 14.5. The highest BCUT2D eigenvalue weighted by molar-refractivity contribution is 5.73. The number of hydrogen-bond acceptors (Lipinski definition) is 3. The van der Waals surface area contributed by atoms with Crippen LogP contribution in [-0.2, 0) is 6.54 Å². The van der Waals surface area contributed by atoms with Crippen LogP contribution in [0.15, 0.2) is 48.7 Å². The lowest BCUT2D eigenvalue weighted by atomic mass is 10.1.